The van der Waals surface area contributed by atoms with Crippen LogP contribution in [0.2, 0.25) is 5.02 Å². The molecule has 0 aliphatic rings. The van der Waals surface area contributed by atoms with Crippen LogP contribution < -0.4 is 31.0 Å². The number of benzene rings is 2. The number of nitrogens with zero attached hydrogens (tertiary/aromatic N) is 1. The van der Waals surface area contributed by atoms with Crippen molar-refractivity contribution in [2.24, 2.45) is 0 Å². The van der Waals surface area contributed by atoms with Crippen molar-refractivity contribution in [2.45, 2.75) is 13.8 Å². The van der Waals surface area contributed by atoms with Crippen LogP contribution in [0.5, 0.6) is 17.2 Å². The van der Waals surface area contributed by atoms with Crippen molar-refractivity contribution in [3.8, 4) is 17.2 Å². The van der Waals surface area contributed by atoms with Gasteiger partial charge in [0, 0.05) is 30.4 Å². The molecule has 9 nitrogen and oxygen atoms in total. The summed E-state index contributed by atoms with van der Waals surface area (Å²) >= 11 is 6.15. The van der Waals surface area contributed by atoms with Gasteiger partial charge < -0.3 is 20.1 Å². The van der Waals surface area contributed by atoms with Gasteiger partial charge in [0.1, 0.15) is 22.9 Å². The Labute approximate surface area is 196 Å². The second kappa shape index (κ2) is 10.6. The third-order valence-corrected chi connectivity index (χ3v) is 5.06. The first-order chi connectivity index (χ1) is 15.8. The van der Waals surface area contributed by atoms with Crippen molar-refractivity contribution in [1.82, 2.24) is 15.7 Å². The Morgan fingerprint density at radius 3 is 2.52 bits per heavy atom. The molecule has 0 bridgehead atoms. The minimum Gasteiger partial charge on any atom is -0.495 e. The van der Waals surface area contributed by atoms with E-state index in [0.717, 1.165) is 11.1 Å². The fraction of sp³-hybridized carbons (Fsp3) is 0.174. The van der Waals surface area contributed by atoms with E-state index in [4.69, 9.17) is 21.1 Å². The highest BCUT2D eigenvalue weighted by molar-refractivity contribution is 6.31. The number of anilines is 2. The van der Waals surface area contributed by atoms with Gasteiger partial charge in [0.15, 0.2) is 0 Å². The topological polar surface area (TPSA) is 114 Å². The molecule has 0 saturated heterocycles. The molecule has 0 spiro atoms. The summed E-state index contributed by atoms with van der Waals surface area (Å²) in [6.07, 6.45) is 1.49. The largest absolute Gasteiger partial charge is 0.495 e. The maximum atomic E-state index is 12.4. The molecule has 0 radical (unpaired) electrons. The highest BCUT2D eigenvalue weighted by Gasteiger charge is 2.11. The van der Waals surface area contributed by atoms with Crippen molar-refractivity contribution >= 4 is 34.9 Å². The van der Waals surface area contributed by atoms with Gasteiger partial charge in [-0.25, -0.2) is 4.79 Å². The standard InChI is InChI=1S/C23H24ClN5O4/c1-13-5-6-15(10-20(13)33-16-7-8-26-19(11-16)22(30)25-3)28-29-23(31)27-18-12-17(24)14(2)9-21(18)32-4/h5-12,28H,1-4H3,(H,25,30)(H2,27,29,31). The number of hydrogen-bond acceptors (Lipinski definition) is 6. The van der Waals surface area contributed by atoms with Crippen LogP contribution >= 0.6 is 11.6 Å². The Kier molecular flexibility index (Phi) is 7.57. The summed E-state index contributed by atoms with van der Waals surface area (Å²) in [6, 6.07) is 11.4. The molecule has 33 heavy (non-hydrogen) atoms. The summed E-state index contributed by atoms with van der Waals surface area (Å²) in [6.45, 7) is 3.73. The molecule has 0 aliphatic carbocycles. The summed E-state index contributed by atoms with van der Waals surface area (Å²) in [5.74, 6) is 1.18. The molecule has 1 heterocycles. The summed E-state index contributed by atoms with van der Waals surface area (Å²) in [7, 11) is 3.04. The maximum Gasteiger partial charge on any atom is 0.337 e. The third kappa shape index (κ3) is 6.05. The first kappa shape index (κ1) is 23.7. The smallest absolute Gasteiger partial charge is 0.337 e. The van der Waals surface area contributed by atoms with E-state index in [-0.39, 0.29) is 11.6 Å². The molecule has 0 aliphatic heterocycles. The van der Waals surface area contributed by atoms with Crippen LogP contribution in [0.15, 0.2) is 48.7 Å². The number of aromatic nitrogens is 1. The zero-order valence-corrected chi connectivity index (χ0v) is 19.3. The SMILES string of the molecule is CNC(=O)c1cc(Oc2cc(NNC(=O)Nc3cc(Cl)c(C)cc3OC)ccc2C)ccn1. The molecule has 0 saturated carbocycles. The molecular weight excluding hydrogens is 446 g/mol. The fourth-order valence-corrected chi connectivity index (χ4v) is 3.01. The van der Waals surface area contributed by atoms with Crippen LogP contribution in [-0.4, -0.2) is 31.1 Å². The van der Waals surface area contributed by atoms with Gasteiger partial charge in [-0.2, -0.15) is 0 Å². The number of carbonyl (C=O) groups is 2. The molecule has 172 valence electrons. The number of urea groups is 1. The van der Waals surface area contributed by atoms with E-state index in [1.165, 1.54) is 20.4 Å². The van der Waals surface area contributed by atoms with Gasteiger partial charge in [-0.15, -0.1) is 0 Å². The van der Waals surface area contributed by atoms with Gasteiger partial charge in [0.05, 0.1) is 18.5 Å². The van der Waals surface area contributed by atoms with Crippen molar-refractivity contribution < 1.29 is 19.1 Å². The number of ether oxygens (including phenoxy) is 2. The minimum atomic E-state index is -0.513. The van der Waals surface area contributed by atoms with Crippen molar-refractivity contribution in [1.29, 1.82) is 0 Å². The van der Waals surface area contributed by atoms with Gasteiger partial charge in [-0.3, -0.25) is 20.6 Å². The lowest BCUT2D eigenvalue weighted by Gasteiger charge is -2.15. The van der Waals surface area contributed by atoms with Crippen molar-refractivity contribution in [3.63, 3.8) is 0 Å². The highest BCUT2D eigenvalue weighted by Crippen LogP contribution is 2.31. The van der Waals surface area contributed by atoms with Gasteiger partial charge in [-0.05, 0) is 49.2 Å². The molecule has 4 N–H and O–H groups in total. The number of pyridine rings is 1. The van der Waals surface area contributed by atoms with Crippen molar-refractivity contribution in [2.75, 3.05) is 24.9 Å². The van der Waals surface area contributed by atoms with E-state index in [9.17, 15) is 9.59 Å². The zero-order chi connectivity index (χ0) is 24.0. The first-order valence-corrected chi connectivity index (χ1v) is 10.3. The molecule has 10 heteroatoms. The molecule has 3 rings (SSSR count). The quantitative estimate of drug-likeness (QED) is 0.374. The van der Waals surface area contributed by atoms with Crippen LogP contribution in [0.4, 0.5) is 16.2 Å². The normalized spacial score (nSPS) is 10.2. The number of aryl methyl sites for hydroxylation is 2. The van der Waals surface area contributed by atoms with Gasteiger partial charge >= 0.3 is 6.03 Å². The molecular formula is C23H24ClN5O4. The molecule has 0 atom stereocenters. The maximum absolute atomic E-state index is 12.4. The van der Waals surface area contributed by atoms with E-state index >= 15 is 0 Å². The molecule has 0 unspecified atom stereocenters. The number of hydrogen-bond donors (Lipinski definition) is 4. The number of halogens is 1. The average molecular weight is 470 g/mol. The zero-order valence-electron chi connectivity index (χ0n) is 18.6. The summed E-state index contributed by atoms with van der Waals surface area (Å²) < 4.78 is 11.2. The second-order valence-electron chi connectivity index (χ2n) is 7.04. The monoisotopic (exact) mass is 469 g/mol. The van der Waals surface area contributed by atoms with Crippen LogP contribution in [0.3, 0.4) is 0 Å². The molecule has 3 amide bonds. The lowest BCUT2D eigenvalue weighted by molar-refractivity contribution is 0.0958. The lowest BCUT2D eigenvalue weighted by atomic mass is 10.2. The fourth-order valence-electron chi connectivity index (χ4n) is 2.85. The number of carbonyl (C=O) groups excluding carboxylic acids is 2. The van der Waals surface area contributed by atoms with Crippen LogP contribution in [0.25, 0.3) is 0 Å². The number of nitrogens with one attached hydrogen (secondary N) is 4. The summed E-state index contributed by atoms with van der Waals surface area (Å²) in [5.41, 5.74) is 8.34. The Morgan fingerprint density at radius 2 is 1.79 bits per heavy atom. The predicted octanol–water partition coefficient (Wildman–Crippen LogP) is 4.66. The number of amides is 3. The summed E-state index contributed by atoms with van der Waals surface area (Å²) in [4.78, 5) is 28.2. The van der Waals surface area contributed by atoms with Crippen LogP contribution in [0.1, 0.15) is 21.6 Å². The molecule has 1 aromatic heterocycles. The summed E-state index contributed by atoms with van der Waals surface area (Å²) in [5, 5.41) is 5.72. The number of rotatable bonds is 7. The van der Waals surface area contributed by atoms with Crippen LogP contribution in [-0.2, 0) is 0 Å². The second-order valence-corrected chi connectivity index (χ2v) is 7.45. The average Bonchev–Trinajstić information content (AvgIpc) is 2.81. The Morgan fingerprint density at radius 1 is 1.00 bits per heavy atom. The molecule has 0 fully saturated rings. The number of methoxy groups -OCH3 is 1. The van der Waals surface area contributed by atoms with Gasteiger partial charge in [-0.1, -0.05) is 17.7 Å². The molecule has 2 aromatic carbocycles. The van der Waals surface area contributed by atoms with Gasteiger partial charge in [0.25, 0.3) is 5.91 Å². The molecule has 3 aromatic rings. The first-order valence-electron chi connectivity index (χ1n) is 9.94. The minimum absolute atomic E-state index is 0.243. The van der Waals surface area contributed by atoms with E-state index in [0.29, 0.717) is 33.6 Å². The van der Waals surface area contributed by atoms with Crippen LogP contribution in [0, 0.1) is 13.8 Å². The van der Waals surface area contributed by atoms with Gasteiger partial charge in [0.2, 0.25) is 0 Å². The van der Waals surface area contributed by atoms with E-state index in [1.807, 2.05) is 19.9 Å². The Bertz CT molecular complexity index is 1190. The van der Waals surface area contributed by atoms with E-state index < -0.39 is 6.03 Å². The van der Waals surface area contributed by atoms with E-state index in [1.54, 1.807) is 36.4 Å². The highest BCUT2D eigenvalue weighted by atomic mass is 35.5. The van der Waals surface area contributed by atoms with Crippen molar-refractivity contribution in [3.05, 3.63) is 70.5 Å². The van der Waals surface area contributed by atoms with E-state index in [2.05, 4.69) is 26.5 Å². The predicted molar refractivity (Wildman–Crippen MR) is 127 cm³/mol. The Balaban J connectivity index is 1.67. The third-order valence-electron chi connectivity index (χ3n) is 4.66. The number of hydrazine groups is 1. The lowest BCUT2D eigenvalue weighted by Crippen LogP contribution is -2.33. The Hall–Kier alpha value is -3.98.